The van der Waals surface area contributed by atoms with Crippen molar-refractivity contribution < 1.29 is 0 Å². The van der Waals surface area contributed by atoms with E-state index in [1.807, 2.05) is 0 Å². The van der Waals surface area contributed by atoms with Crippen LogP contribution in [0.5, 0.6) is 0 Å². The van der Waals surface area contributed by atoms with Crippen LogP contribution in [0.2, 0.25) is 0 Å². The lowest BCUT2D eigenvalue weighted by Crippen LogP contribution is -2.45. The van der Waals surface area contributed by atoms with E-state index in [9.17, 15) is 0 Å². The normalized spacial score (nSPS) is 20.2. The van der Waals surface area contributed by atoms with E-state index in [1.54, 1.807) is 0 Å². The summed E-state index contributed by atoms with van der Waals surface area (Å²) in [5.74, 6) is 0. The molecule has 1 saturated carbocycles. The maximum atomic E-state index is 9.14. The molecular formula is C14H27N3. The Morgan fingerprint density at radius 2 is 1.82 bits per heavy atom. The fraction of sp³-hybridized carbons (Fsp3) is 0.929. The van der Waals surface area contributed by atoms with Crippen LogP contribution >= 0.6 is 0 Å². The molecule has 0 aromatic rings. The first kappa shape index (κ1) is 14.5. The monoisotopic (exact) mass is 237 g/mol. The van der Waals surface area contributed by atoms with Crippen molar-refractivity contribution in [3.8, 4) is 6.07 Å². The van der Waals surface area contributed by atoms with Gasteiger partial charge in [-0.05, 0) is 33.7 Å². The van der Waals surface area contributed by atoms with Gasteiger partial charge < -0.3 is 4.90 Å². The summed E-state index contributed by atoms with van der Waals surface area (Å²) in [7, 11) is 2.17. The van der Waals surface area contributed by atoms with E-state index in [4.69, 9.17) is 5.26 Å². The predicted molar refractivity (Wildman–Crippen MR) is 71.8 cm³/mol. The molecule has 0 amide bonds. The van der Waals surface area contributed by atoms with Gasteiger partial charge in [-0.1, -0.05) is 25.7 Å². The van der Waals surface area contributed by atoms with Crippen LogP contribution in [0, 0.1) is 11.3 Å². The first-order valence-corrected chi connectivity index (χ1v) is 6.99. The fourth-order valence-electron chi connectivity index (χ4n) is 2.67. The van der Waals surface area contributed by atoms with Gasteiger partial charge in [0, 0.05) is 18.6 Å². The number of nitriles is 1. The molecule has 3 nitrogen and oxygen atoms in total. The van der Waals surface area contributed by atoms with Crippen molar-refractivity contribution in [2.75, 3.05) is 13.6 Å². The molecule has 17 heavy (non-hydrogen) atoms. The van der Waals surface area contributed by atoms with Crippen LogP contribution in [0.25, 0.3) is 0 Å². The molecule has 0 aromatic carbocycles. The maximum Gasteiger partial charge on any atom is 0.108 e. The average molecular weight is 237 g/mol. The van der Waals surface area contributed by atoms with Crippen molar-refractivity contribution >= 4 is 0 Å². The molecule has 1 fully saturated rings. The van der Waals surface area contributed by atoms with E-state index >= 15 is 0 Å². The minimum Gasteiger partial charge on any atom is -0.301 e. The molecule has 1 atom stereocenters. The summed E-state index contributed by atoms with van der Waals surface area (Å²) < 4.78 is 0. The number of rotatable bonds is 5. The van der Waals surface area contributed by atoms with Gasteiger partial charge in [-0.2, -0.15) is 5.26 Å². The minimum absolute atomic E-state index is 0.0387. The standard InChI is InChI=1S/C14H27N3/c1-12(2)16-13(10-15)11-17(3)14-8-6-4-5-7-9-14/h12-14,16H,4-9,11H2,1-3H3. The van der Waals surface area contributed by atoms with Gasteiger partial charge in [0.15, 0.2) is 0 Å². The zero-order chi connectivity index (χ0) is 12.7. The zero-order valence-corrected chi connectivity index (χ0v) is 11.6. The lowest BCUT2D eigenvalue weighted by atomic mass is 10.1. The van der Waals surface area contributed by atoms with Crippen LogP contribution in [-0.4, -0.2) is 36.6 Å². The van der Waals surface area contributed by atoms with E-state index in [-0.39, 0.29) is 6.04 Å². The van der Waals surface area contributed by atoms with Gasteiger partial charge in [0.2, 0.25) is 0 Å². The largest absolute Gasteiger partial charge is 0.301 e. The Morgan fingerprint density at radius 1 is 1.24 bits per heavy atom. The molecule has 1 unspecified atom stereocenters. The van der Waals surface area contributed by atoms with Crippen molar-refractivity contribution in [1.82, 2.24) is 10.2 Å². The second kappa shape index (κ2) is 7.68. The Hall–Kier alpha value is -0.590. The van der Waals surface area contributed by atoms with Gasteiger partial charge in [-0.25, -0.2) is 0 Å². The van der Waals surface area contributed by atoms with Crippen LogP contribution in [-0.2, 0) is 0 Å². The first-order chi connectivity index (χ1) is 8.13. The summed E-state index contributed by atoms with van der Waals surface area (Å²) >= 11 is 0. The quantitative estimate of drug-likeness (QED) is 0.747. The highest BCUT2D eigenvalue weighted by molar-refractivity contribution is 4.93. The zero-order valence-electron chi connectivity index (χ0n) is 11.6. The molecule has 1 N–H and O–H groups in total. The Bertz CT molecular complexity index is 236. The lowest BCUT2D eigenvalue weighted by Gasteiger charge is -2.29. The van der Waals surface area contributed by atoms with Crippen molar-refractivity contribution in [2.45, 2.75) is 70.5 Å². The number of nitrogens with zero attached hydrogens (tertiary/aromatic N) is 2. The van der Waals surface area contributed by atoms with Gasteiger partial charge in [-0.15, -0.1) is 0 Å². The first-order valence-electron chi connectivity index (χ1n) is 6.99. The van der Waals surface area contributed by atoms with E-state index < -0.39 is 0 Å². The lowest BCUT2D eigenvalue weighted by molar-refractivity contribution is 0.207. The smallest absolute Gasteiger partial charge is 0.108 e. The number of hydrogen-bond donors (Lipinski definition) is 1. The summed E-state index contributed by atoms with van der Waals surface area (Å²) in [6, 6.07) is 3.39. The molecule has 0 saturated heterocycles. The van der Waals surface area contributed by atoms with Crippen molar-refractivity contribution in [3.63, 3.8) is 0 Å². The molecule has 1 rings (SSSR count). The summed E-state index contributed by atoms with van der Waals surface area (Å²) in [6.07, 6.45) is 8.08. The summed E-state index contributed by atoms with van der Waals surface area (Å²) in [4.78, 5) is 2.38. The number of hydrogen-bond acceptors (Lipinski definition) is 3. The Morgan fingerprint density at radius 3 is 2.29 bits per heavy atom. The van der Waals surface area contributed by atoms with Gasteiger partial charge >= 0.3 is 0 Å². The molecule has 0 aromatic heterocycles. The van der Waals surface area contributed by atoms with Gasteiger partial charge in [-0.3, -0.25) is 5.32 Å². The number of nitrogens with one attached hydrogen (secondary N) is 1. The predicted octanol–water partition coefficient (Wildman–Crippen LogP) is 2.53. The van der Waals surface area contributed by atoms with Crippen molar-refractivity contribution in [1.29, 1.82) is 5.26 Å². The third-order valence-electron chi connectivity index (χ3n) is 3.61. The van der Waals surface area contributed by atoms with E-state index in [0.29, 0.717) is 12.1 Å². The highest BCUT2D eigenvalue weighted by atomic mass is 15.2. The van der Waals surface area contributed by atoms with Crippen molar-refractivity contribution in [2.24, 2.45) is 0 Å². The molecule has 0 spiro atoms. The second-order valence-electron chi connectivity index (χ2n) is 5.59. The Kier molecular flexibility index (Phi) is 6.54. The van der Waals surface area contributed by atoms with Crippen LogP contribution < -0.4 is 5.32 Å². The minimum atomic E-state index is -0.0387. The van der Waals surface area contributed by atoms with Gasteiger partial charge in [0.05, 0.1) is 6.07 Å². The van der Waals surface area contributed by atoms with E-state index in [2.05, 4.69) is 37.2 Å². The highest BCUT2D eigenvalue weighted by Gasteiger charge is 2.20. The third-order valence-corrected chi connectivity index (χ3v) is 3.61. The van der Waals surface area contributed by atoms with Crippen LogP contribution in [0.4, 0.5) is 0 Å². The SMILES string of the molecule is CC(C)NC(C#N)CN(C)C1CCCCCC1. The number of likely N-dealkylation sites (N-methyl/N-ethyl adjacent to an activating group) is 1. The summed E-state index contributed by atoms with van der Waals surface area (Å²) in [5, 5.41) is 12.5. The van der Waals surface area contributed by atoms with Gasteiger partial charge in [0.25, 0.3) is 0 Å². The molecule has 0 aliphatic heterocycles. The van der Waals surface area contributed by atoms with Gasteiger partial charge in [0.1, 0.15) is 6.04 Å². The Labute approximate surface area is 106 Å². The molecule has 0 heterocycles. The molecule has 3 heteroatoms. The molecular weight excluding hydrogens is 210 g/mol. The fourth-order valence-corrected chi connectivity index (χ4v) is 2.67. The average Bonchev–Trinajstić information content (AvgIpc) is 2.55. The summed E-state index contributed by atoms with van der Waals surface area (Å²) in [6.45, 7) is 5.03. The highest BCUT2D eigenvalue weighted by Crippen LogP contribution is 2.21. The molecule has 1 aliphatic rings. The third kappa shape index (κ3) is 5.52. The second-order valence-corrected chi connectivity index (χ2v) is 5.59. The van der Waals surface area contributed by atoms with Crippen LogP contribution in [0.3, 0.4) is 0 Å². The van der Waals surface area contributed by atoms with Crippen LogP contribution in [0.1, 0.15) is 52.4 Å². The van der Waals surface area contributed by atoms with Crippen LogP contribution in [0.15, 0.2) is 0 Å². The topological polar surface area (TPSA) is 39.1 Å². The molecule has 1 aliphatic carbocycles. The molecule has 98 valence electrons. The maximum absolute atomic E-state index is 9.14. The molecule has 0 radical (unpaired) electrons. The summed E-state index contributed by atoms with van der Waals surface area (Å²) in [5.41, 5.74) is 0. The van der Waals surface area contributed by atoms with Crippen molar-refractivity contribution in [3.05, 3.63) is 0 Å². The Balaban J connectivity index is 2.39. The van der Waals surface area contributed by atoms with E-state index in [1.165, 1.54) is 38.5 Å². The molecule has 0 bridgehead atoms. The van der Waals surface area contributed by atoms with E-state index in [0.717, 1.165) is 6.54 Å².